The molecule has 1 N–H and O–H groups in total. The predicted molar refractivity (Wildman–Crippen MR) is 76.6 cm³/mol. The van der Waals surface area contributed by atoms with Crippen LogP contribution in [0.4, 0.5) is 4.39 Å². The van der Waals surface area contributed by atoms with Gasteiger partial charge in [0.1, 0.15) is 5.82 Å². The van der Waals surface area contributed by atoms with Gasteiger partial charge in [-0.25, -0.2) is 4.39 Å². The smallest absolute Gasteiger partial charge is 0.251 e. The van der Waals surface area contributed by atoms with Crippen LogP contribution in [0.2, 0.25) is 0 Å². The molecule has 1 aliphatic carbocycles. The quantitative estimate of drug-likeness (QED) is 0.790. The Hall–Kier alpha value is -0.420. The number of hydrogen-bond donors (Lipinski definition) is 1. The second-order valence-electron chi connectivity index (χ2n) is 4.73. The molecule has 1 saturated carbocycles. The van der Waals surface area contributed by atoms with E-state index in [1.54, 1.807) is 6.07 Å². The molecule has 2 rings (SSSR count). The molecule has 1 fully saturated rings. The maximum Gasteiger partial charge on any atom is 0.251 e. The molecule has 0 atom stereocenters. The van der Waals surface area contributed by atoms with Crippen LogP contribution in [0.15, 0.2) is 22.7 Å². The second kappa shape index (κ2) is 5.70. The summed E-state index contributed by atoms with van der Waals surface area (Å²) in [5, 5.41) is 3.78. The lowest BCUT2D eigenvalue weighted by molar-refractivity contribution is 0.0910. The van der Waals surface area contributed by atoms with Crippen LogP contribution >= 0.6 is 31.9 Å². The van der Waals surface area contributed by atoms with Crippen molar-refractivity contribution in [3.05, 3.63) is 34.1 Å². The zero-order chi connectivity index (χ0) is 13.2. The summed E-state index contributed by atoms with van der Waals surface area (Å²) in [5.74, 6) is -0.620. The Morgan fingerprint density at radius 3 is 2.56 bits per heavy atom. The highest BCUT2D eigenvalue weighted by Gasteiger charge is 2.34. The highest BCUT2D eigenvalue weighted by molar-refractivity contribution is 9.10. The zero-order valence-corrected chi connectivity index (χ0v) is 13.0. The van der Waals surface area contributed by atoms with Crippen molar-refractivity contribution in [3.63, 3.8) is 0 Å². The van der Waals surface area contributed by atoms with E-state index in [9.17, 15) is 9.18 Å². The Balaban J connectivity index is 2.16. The van der Waals surface area contributed by atoms with Gasteiger partial charge < -0.3 is 5.32 Å². The van der Waals surface area contributed by atoms with Gasteiger partial charge in [-0.15, -0.1) is 0 Å². The van der Waals surface area contributed by atoms with Crippen LogP contribution in [0.5, 0.6) is 0 Å². The van der Waals surface area contributed by atoms with Crippen LogP contribution < -0.4 is 5.32 Å². The lowest BCUT2D eigenvalue weighted by Gasteiger charge is -2.28. The average molecular weight is 379 g/mol. The van der Waals surface area contributed by atoms with Crippen LogP contribution in [-0.2, 0) is 0 Å². The second-order valence-corrected chi connectivity index (χ2v) is 6.21. The molecular formula is C13H14Br2FNO. The minimum atomic E-state index is -0.408. The molecule has 1 aliphatic rings. The van der Waals surface area contributed by atoms with Crippen LogP contribution in [-0.4, -0.2) is 16.8 Å². The number of hydrogen-bond acceptors (Lipinski definition) is 1. The van der Waals surface area contributed by atoms with Crippen molar-refractivity contribution < 1.29 is 9.18 Å². The molecule has 5 heteroatoms. The van der Waals surface area contributed by atoms with Crippen molar-refractivity contribution in [2.24, 2.45) is 0 Å². The third-order valence-electron chi connectivity index (χ3n) is 3.32. The summed E-state index contributed by atoms with van der Waals surface area (Å²) < 4.78 is 13.8. The van der Waals surface area contributed by atoms with E-state index >= 15 is 0 Å². The molecule has 0 spiro atoms. The van der Waals surface area contributed by atoms with Crippen LogP contribution in [0.3, 0.4) is 0 Å². The van der Waals surface area contributed by atoms with Gasteiger partial charge in [0.15, 0.2) is 0 Å². The molecule has 18 heavy (non-hydrogen) atoms. The molecule has 0 aromatic heterocycles. The van der Waals surface area contributed by atoms with Gasteiger partial charge in [0.05, 0.1) is 5.54 Å². The van der Waals surface area contributed by atoms with E-state index in [2.05, 4.69) is 37.2 Å². The van der Waals surface area contributed by atoms with Gasteiger partial charge in [0.2, 0.25) is 0 Å². The van der Waals surface area contributed by atoms with E-state index in [1.165, 1.54) is 12.1 Å². The minimum absolute atomic E-state index is 0.171. The van der Waals surface area contributed by atoms with Crippen molar-refractivity contribution in [1.82, 2.24) is 5.32 Å². The third kappa shape index (κ3) is 3.12. The molecule has 98 valence electrons. The zero-order valence-electron chi connectivity index (χ0n) is 9.81. The third-order valence-corrected chi connectivity index (χ3v) is 4.85. The maximum atomic E-state index is 13.3. The van der Waals surface area contributed by atoms with Gasteiger partial charge in [-0.1, -0.05) is 44.7 Å². The monoisotopic (exact) mass is 377 g/mol. The first kappa shape index (κ1) is 14.0. The van der Waals surface area contributed by atoms with Crippen LogP contribution in [0, 0.1) is 5.82 Å². The molecule has 0 bridgehead atoms. The number of halogens is 3. The largest absolute Gasteiger partial charge is 0.346 e. The van der Waals surface area contributed by atoms with Gasteiger partial charge in [-0.3, -0.25) is 4.79 Å². The van der Waals surface area contributed by atoms with Gasteiger partial charge in [-0.05, 0) is 31.0 Å². The normalized spacial score (nSPS) is 17.7. The topological polar surface area (TPSA) is 29.1 Å². The SMILES string of the molecule is O=C(NC1(CBr)CCCC1)c1cc(F)cc(Br)c1. The lowest BCUT2D eigenvalue weighted by atomic mass is 10.00. The fraction of sp³-hybridized carbons (Fsp3) is 0.462. The summed E-state index contributed by atoms with van der Waals surface area (Å²) in [7, 11) is 0. The molecular weight excluding hydrogens is 365 g/mol. The Bertz CT molecular complexity index is 438. The van der Waals surface area contributed by atoms with Crippen LogP contribution in [0.1, 0.15) is 36.0 Å². The number of nitrogens with one attached hydrogen (secondary N) is 1. The molecule has 0 radical (unpaired) electrons. The molecule has 0 heterocycles. The average Bonchev–Trinajstić information content (AvgIpc) is 2.77. The van der Waals surface area contributed by atoms with Gasteiger partial charge in [-0.2, -0.15) is 0 Å². The fourth-order valence-electron chi connectivity index (χ4n) is 2.34. The first-order valence-electron chi connectivity index (χ1n) is 5.89. The fourth-order valence-corrected chi connectivity index (χ4v) is 3.51. The first-order valence-corrected chi connectivity index (χ1v) is 7.81. The van der Waals surface area contributed by atoms with E-state index in [0.717, 1.165) is 31.0 Å². The van der Waals surface area contributed by atoms with E-state index in [-0.39, 0.29) is 11.4 Å². The molecule has 1 amide bonds. The van der Waals surface area contributed by atoms with Crippen molar-refractivity contribution in [2.45, 2.75) is 31.2 Å². The first-order chi connectivity index (χ1) is 8.54. The Morgan fingerprint density at radius 1 is 1.33 bits per heavy atom. The molecule has 1 aromatic carbocycles. The number of alkyl halides is 1. The van der Waals surface area contributed by atoms with Gasteiger partial charge in [0, 0.05) is 15.4 Å². The summed E-state index contributed by atoms with van der Waals surface area (Å²) in [5.41, 5.74) is 0.185. The Labute approximate surface area is 123 Å². The van der Waals surface area contributed by atoms with Crippen molar-refractivity contribution in [3.8, 4) is 0 Å². The number of carbonyl (C=O) groups excluding carboxylic acids is 1. The van der Waals surface area contributed by atoms with E-state index < -0.39 is 5.82 Å². The standard InChI is InChI=1S/C13H14Br2FNO/c14-8-13(3-1-2-4-13)17-12(18)9-5-10(15)7-11(16)6-9/h5-7H,1-4,8H2,(H,17,18). The lowest BCUT2D eigenvalue weighted by Crippen LogP contribution is -2.47. The van der Waals surface area contributed by atoms with Crippen molar-refractivity contribution in [2.75, 3.05) is 5.33 Å². The van der Waals surface area contributed by atoms with Gasteiger partial charge in [0.25, 0.3) is 5.91 Å². The van der Waals surface area contributed by atoms with E-state index in [0.29, 0.717) is 10.0 Å². The maximum absolute atomic E-state index is 13.3. The van der Waals surface area contributed by atoms with Crippen molar-refractivity contribution in [1.29, 1.82) is 0 Å². The Morgan fingerprint density at radius 2 is 2.00 bits per heavy atom. The van der Waals surface area contributed by atoms with Crippen LogP contribution in [0.25, 0.3) is 0 Å². The van der Waals surface area contributed by atoms with E-state index in [4.69, 9.17) is 0 Å². The molecule has 0 saturated heterocycles. The Kier molecular flexibility index (Phi) is 4.43. The summed E-state index contributed by atoms with van der Waals surface area (Å²) in [6.07, 6.45) is 4.19. The highest BCUT2D eigenvalue weighted by atomic mass is 79.9. The summed E-state index contributed by atoms with van der Waals surface area (Å²) in [6.45, 7) is 0. The number of carbonyl (C=O) groups is 1. The number of rotatable bonds is 3. The minimum Gasteiger partial charge on any atom is -0.346 e. The molecule has 0 aliphatic heterocycles. The molecule has 0 unspecified atom stereocenters. The van der Waals surface area contributed by atoms with E-state index in [1.807, 2.05) is 0 Å². The summed E-state index contributed by atoms with van der Waals surface area (Å²) in [4.78, 5) is 12.1. The highest BCUT2D eigenvalue weighted by Crippen LogP contribution is 2.31. The molecule has 1 aromatic rings. The predicted octanol–water partition coefficient (Wildman–Crippen LogP) is 4.03. The number of amides is 1. The molecule has 2 nitrogen and oxygen atoms in total. The number of benzene rings is 1. The summed E-state index contributed by atoms with van der Waals surface area (Å²) >= 11 is 6.66. The van der Waals surface area contributed by atoms with Crippen molar-refractivity contribution >= 4 is 37.8 Å². The van der Waals surface area contributed by atoms with Gasteiger partial charge >= 0.3 is 0 Å². The summed E-state index contributed by atoms with van der Waals surface area (Å²) in [6, 6.07) is 4.23.